The number of carbonyl (C=O) groups excluding carboxylic acids is 1. The zero-order chi connectivity index (χ0) is 18.0. The lowest BCUT2D eigenvalue weighted by Crippen LogP contribution is -2.31. The van der Waals surface area contributed by atoms with E-state index in [0.717, 1.165) is 10.1 Å². The van der Waals surface area contributed by atoms with Gasteiger partial charge in [0.15, 0.2) is 0 Å². The van der Waals surface area contributed by atoms with Crippen molar-refractivity contribution in [1.29, 1.82) is 0 Å². The Morgan fingerprint density at radius 3 is 2.44 bits per heavy atom. The van der Waals surface area contributed by atoms with Gasteiger partial charge in [-0.2, -0.15) is 0 Å². The number of hydrogen-bond donors (Lipinski definition) is 1. The summed E-state index contributed by atoms with van der Waals surface area (Å²) in [6.07, 6.45) is 0. The van der Waals surface area contributed by atoms with E-state index < -0.39 is 26.6 Å². The van der Waals surface area contributed by atoms with E-state index >= 15 is 0 Å². The number of thiophene rings is 1. The van der Waals surface area contributed by atoms with Crippen LogP contribution < -0.4 is 4.72 Å². The summed E-state index contributed by atoms with van der Waals surface area (Å²) < 4.78 is 27.2. The van der Waals surface area contributed by atoms with Crippen LogP contribution in [0.5, 0.6) is 0 Å². The summed E-state index contributed by atoms with van der Waals surface area (Å²) in [5, 5.41) is 11.5. The van der Waals surface area contributed by atoms with E-state index in [-0.39, 0.29) is 5.69 Å². The summed E-state index contributed by atoms with van der Waals surface area (Å²) >= 11 is 1.21. The second-order valence-electron chi connectivity index (χ2n) is 5.26. The molecule has 128 valence electrons. The molecule has 1 heterocycles. The van der Waals surface area contributed by atoms with Crippen LogP contribution in [0.2, 0.25) is 0 Å². The normalized spacial score (nSPS) is 11.4. The Labute approximate surface area is 147 Å². The number of nitrogens with zero attached hydrogens (tertiary/aromatic N) is 1. The number of non-ortho nitro benzene ring substituents is 1. The molecule has 7 nitrogen and oxygen atoms in total. The first-order chi connectivity index (χ1) is 11.8. The quantitative estimate of drug-likeness (QED) is 0.544. The fourth-order valence-corrected chi connectivity index (χ4v) is 4.37. The third-order valence-corrected chi connectivity index (χ3v) is 5.73. The molecule has 1 amide bonds. The molecule has 9 heteroatoms. The number of fused-ring (bicyclic) bond motifs is 1. The number of carbonyl (C=O) groups is 1. The number of nitro benzene ring substituents is 1. The number of hydrogen-bond acceptors (Lipinski definition) is 6. The van der Waals surface area contributed by atoms with Crippen molar-refractivity contribution in [3.05, 3.63) is 75.2 Å². The van der Waals surface area contributed by atoms with Gasteiger partial charge in [0, 0.05) is 16.8 Å². The smallest absolute Gasteiger partial charge is 0.267 e. The van der Waals surface area contributed by atoms with Crippen LogP contribution in [0.3, 0.4) is 0 Å². The average Bonchev–Trinajstić information content (AvgIpc) is 2.98. The lowest BCUT2D eigenvalue weighted by molar-refractivity contribution is -0.384. The van der Waals surface area contributed by atoms with Crippen molar-refractivity contribution in [3.8, 4) is 0 Å². The molecule has 0 aliphatic heterocycles. The minimum absolute atomic E-state index is 0.129. The highest BCUT2D eigenvalue weighted by molar-refractivity contribution is 7.89. The average molecular weight is 376 g/mol. The third kappa shape index (κ3) is 4.01. The maximum Gasteiger partial charge on any atom is 0.274 e. The number of nitrogens with one attached hydrogen (secondary N) is 1. The van der Waals surface area contributed by atoms with E-state index in [1.165, 1.54) is 35.6 Å². The van der Waals surface area contributed by atoms with Crippen LogP contribution in [0.25, 0.3) is 10.1 Å². The second kappa shape index (κ2) is 6.61. The van der Waals surface area contributed by atoms with Gasteiger partial charge in [0.2, 0.25) is 10.0 Å². The predicted molar refractivity (Wildman–Crippen MR) is 95.0 cm³/mol. The summed E-state index contributed by atoms with van der Waals surface area (Å²) in [6.45, 7) is 0. The molecule has 3 rings (SSSR count). The lowest BCUT2D eigenvalue weighted by atomic mass is 10.2. The van der Waals surface area contributed by atoms with E-state index in [4.69, 9.17) is 0 Å². The maximum atomic E-state index is 12.2. The van der Waals surface area contributed by atoms with E-state index in [1.807, 2.05) is 29.0 Å². The molecule has 0 atom stereocenters. The molecule has 0 bridgehead atoms. The minimum atomic E-state index is -3.92. The number of amides is 1. The molecule has 25 heavy (non-hydrogen) atoms. The summed E-state index contributed by atoms with van der Waals surface area (Å²) in [4.78, 5) is 22.5. The summed E-state index contributed by atoms with van der Waals surface area (Å²) in [7, 11) is -3.92. The first-order valence-corrected chi connectivity index (χ1v) is 9.58. The first-order valence-electron chi connectivity index (χ1n) is 7.11. The summed E-state index contributed by atoms with van der Waals surface area (Å²) in [5.41, 5.74) is 0.220. The van der Waals surface area contributed by atoms with Crippen molar-refractivity contribution in [2.45, 2.75) is 5.75 Å². The molecule has 0 spiro atoms. The van der Waals surface area contributed by atoms with Gasteiger partial charge < -0.3 is 0 Å². The van der Waals surface area contributed by atoms with E-state index in [9.17, 15) is 23.3 Å². The van der Waals surface area contributed by atoms with Crippen LogP contribution in [0, 0.1) is 10.1 Å². The van der Waals surface area contributed by atoms with Crippen molar-refractivity contribution < 1.29 is 18.1 Å². The molecule has 0 aliphatic rings. The van der Waals surface area contributed by atoms with Crippen LogP contribution in [-0.4, -0.2) is 19.2 Å². The largest absolute Gasteiger partial charge is 0.274 e. The minimum Gasteiger partial charge on any atom is -0.267 e. The number of benzene rings is 2. The number of nitro groups is 1. The van der Waals surface area contributed by atoms with Gasteiger partial charge in [-0.05, 0) is 23.1 Å². The zero-order valence-electron chi connectivity index (χ0n) is 12.7. The van der Waals surface area contributed by atoms with Gasteiger partial charge in [0.05, 0.1) is 15.6 Å². The maximum absolute atomic E-state index is 12.2. The summed E-state index contributed by atoms with van der Waals surface area (Å²) in [5.74, 6) is -1.13. The standard InChI is InChI=1S/C16H12N2O5S2/c19-16(15-9-12-3-1-2-4-14(12)24-15)17-25(22,23)10-11-5-7-13(8-6-11)18(20)21/h1-9H,10H2,(H,17,19). The van der Waals surface area contributed by atoms with Gasteiger partial charge in [-0.25, -0.2) is 13.1 Å². The molecule has 0 aliphatic carbocycles. The van der Waals surface area contributed by atoms with Gasteiger partial charge in [-0.3, -0.25) is 14.9 Å². The monoisotopic (exact) mass is 376 g/mol. The Kier molecular flexibility index (Phi) is 4.51. The Morgan fingerprint density at radius 1 is 1.12 bits per heavy atom. The highest BCUT2D eigenvalue weighted by Crippen LogP contribution is 2.25. The van der Waals surface area contributed by atoms with Gasteiger partial charge in [0.1, 0.15) is 0 Å². The van der Waals surface area contributed by atoms with Crippen molar-refractivity contribution in [2.75, 3.05) is 0 Å². The van der Waals surface area contributed by atoms with Gasteiger partial charge >= 0.3 is 0 Å². The Balaban J connectivity index is 1.74. The molecular formula is C16H12N2O5S2. The van der Waals surface area contributed by atoms with Gasteiger partial charge in [0.25, 0.3) is 11.6 Å². The van der Waals surface area contributed by atoms with Crippen LogP contribution >= 0.6 is 11.3 Å². The zero-order valence-corrected chi connectivity index (χ0v) is 14.3. The molecule has 0 saturated carbocycles. The molecular weight excluding hydrogens is 364 g/mol. The van der Waals surface area contributed by atoms with E-state index in [1.54, 1.807) is 6.07 Å². The predicted octanol–water partition coefficient (Wildman–Crippen LogP) is 3.07. The van der Waals surface area contributed by atoms with E-state index in [0.29, 0.717) is 10.4 Å². The molecule has 1 N–H and O–H groups in total. The van der Waals surface area contributed by atoms with Crippen LogP contribution in [0.15, 0.2) is 54.6 Å². The highest BCUT2D eigenvalue weighted by atomic mass is 32.2. The molecule has 0 radical (unpaired) electrons. The van der Waals surface area contributed by atoms with Crippen LogP contribution in [-0.2, 0) is 15.8 Å². The molecule has 0 fully saturated rings. The van der Waals surface area contributed by atoms with Gasteiger partial charge in [-0.1, -0.05) is 30.3 Å². The molecule has 3 aromatic rings. The highest BCUT2D eigenvalue weighted by Gasteiger charge is 2.19. The van der Waals surface area contributed by atoms with Crippen molar-refractivity contribution in [3.63, 3.8) is 0 Å². The molecule has 0 saturated heterocycles. The van der Waals surface area contributed by atoms with Crippen LogP contribution in [0.1, 0.15) is 15.2 Å². The molecule has 1 aromatic heterocycles. The Morgan fingerprint density at radius 2 is 1.80 bits per heavy atom. The fraction of sp³-hybridized carbons (Fsp3) is 0.0625. The molecule has 2 aromatic carbocycles. The van der Waals surface area contributed by atoms with Crippen LogP contribution in [0.4, 0.5) is 5.69 Å². The van der Waals surface area contributed by atoms with E-state index in [2.05, 4.69) is 0 Å². The fourth-order valence-electron chi connectivity index (χ4n) is 2.25. The van der Waals surface area contributed by atoms with Crippen molar-refractivity contribution in [2.24, 2.45) is 0 Å². The van der Waals surface area contributed by atoms with Crippen molar-refractivity contribution in [1.82, 2.24) is 4.72 Å². The Bertz CT molecular complexity index is 1020. The topological polar surface area (TPSA) is 106 Å². The summed E-state index contributed by atoms with van der Waals surface area (Å²) in [6, 6.07) is 14.1. The molecule has 0 unspecified atom stereocenters. The Hall–Kier alpha value is -2.78. The third-order valence-electron chi connectivity index (χ3n) is 3.40. The SMILES string of the molecule is O=C(NS(=O)(=O)Cc1ccc([N+](=O)[O-])cc1)c1cc2ccccc2s1. The first kappa shape index (κ1) is 17.1. The second-order valence-corrected chi connectivity index (χ2v) is 8.07. The number of sulfonamides is 1. The van der Waals surface area contributed by atoms with Gasteiger partial charge in [-0.15, -0.1) is 11.3 Å². The lowest BCUT2D eigenvalue weighted by Gasteiger charge is -2.05. The number of rotatable bonds is 5. The van der Waals surface area contributed by atoms with Crippen molar-refractivity contribution >= 4 is 43.0 Å².